The van der Waals surface area contributed by atoms with Gasteiger partial charge in [0.1, 0.15) is 23.3 Å². The molecule has 0 radical (unpaired) electrons. The fraction of sp³-hybridized carbons (Fsp3) is 0.412. The van der Waals surface area contributed by atoms with E-state index < -0.39 is 5.60 Å². The summed E-state index contributed by atoms with van der Waals surface area (Å²) in [7, 11) is 0. The molecule has 1 aromatic heterocycles. The Kier molecular flexibility index (Phi) is 9.87. The van der Waals surface area contributed by atoms with Gasteiger partial charge in [-0.3, -0.25) is 9.59 Å². The molecule has 5 rings (SSSR count). The maximum atomic E-state index is 13.1. The van der Waals surface area contributed by atoms with Gasteiger partial charge in [-0.25, -0.2) is 9.78 Å². The first-order valence-electron chi connectivity index (χ1n) is 15.3. The van der Waals surface area contributed by atoms with Gasteiger partial charge < -0.3 is 34.6 Å². The second-order valence-electron chi connectivity index (χ2n) is 12.2. The van der Waals surface area contributed by atoms with E-state index in [1.807, 2.05) is 33.8 Å². The number of anilines is 3. The maximum absolute atomic E-state index is 13.1. The molecule has 0 aliphatic carbocycles. The van der Waals surface area contributed by atoms with E-state index in [0.717, 1.165) is 24.5 Å². The Morgan fingerprint density at radius 1 is 0.867 bits per heavy atom. The molecule has 3 aromatic rings. The number of pyridine rings is 1. The van der Waals surface area contributed by atoms with Gasteiger partial charge in [0.05, 0.1) is 13.2 Å². The molecular formula is C34H41N5O6. The first-order chi connectivity index (χ1) is 21.5. The number of aromatic nitrogens is 1. The molecular weight excluding hydrogens is 574 g/mol. The van der Waals surface area contributed by atoms with Crippen LogP contribution in [0.1, 0.15) is 59.9 Å². The second-order valence-corrected chi connectivity index (χ2v) is 12.2. The van der Waals surface area contributed by atoms with E-state index >= 15 is 0 Å². The van der Waals surface area contributed by atoms with E-state index in [9.17, 15) is 14.4 Å². The number of morpholine rings is 1. The summed E-state index contributed by atoms with van der Waals surface area (Å²) in [5.41, 5.74) is 2.46. The number of amides is 3. The number of hydrogen-bond donors (Lipinski definition) is 2. The molecule has 2 fully saturated rings. The lowest BCUT2D eigenvalue weighted by atomic mass is 10.1. The number of carbonyl (C=O) groups excluding carboxylic acids is 3. The summed E-state index contributed by atoms with van der Waals surface area (Å²) >= 11 is 0. The Bertz CT molecular complexity index is 1510. The second kappa shape index (κ2) is 14.0. The summed E-state index contributed by atoms with van der Waals surface area (Å²) in [4.78, 5) is 46.7. The lowest BCUT2D eigenvalue weighted by Crippen LogP contribution is -2.44. The van der Waals surface area contributed by atoms with Crippen LogP contribution in [-0.4, -0.2) is 78.9 Å². The molecule has 3 amide bonds. The molecule has 0 atom stereocenters. The Morgan fingerprint density at radius 2 is 1.56 bits per heavy atom. The highest BCUT2D eigenvalue weighted by atomic mass is 16.6. The van der Waals surface area contributed by atoms with E-state index in [1.165, 1.54) is 0 Å². The number of rotatable bonds is 7. The van der Waals surface area contributed by atoms with Crippen molar-refractivity contribution in [3.8, 4) is 5.75 Å². The number of nitrogens with one attached hydrogen (secondary N) is 2. The average Bonchev–Trinajstić information content (AvgIpc) is 3.03. The standard InChI is InChI=1S/C34H41N5O6/c1-23-5-8-26(36-32(41)25-11-14-35-30(21-25)38-17-19-43-20-18-38)22-29(23)37-31(40)24-6-9-27(10-7-24)44-28-12-15-39(16-13-28)33(42)45-34(2,3)4/h5-11,14,21-22,28H,12-13,15-20H2,1-4H3,(H,36,41)(H,37,40). The van der Waals surface area contributed by atoms with Crippen molar-refractivity contribution >= 4 is 35.1 Å². The van der Waals surface area contributed by atoms with Crippen molar-refractivity contribution in [2.45, 2.75) is 52.2 Å². The Morgan fingerprint density at radius 3 is 2.24 bits per heavy atom. The predicted octanol–water partition coefficient (Wildman–Crippen LogP) is 5.51. The minimum absolute atomic E-state index is 0.0259. The molecule has 11 heteroatoms. The monoisotopic (exact) mass is 615 g/mol. The smallest absolute Gasteiger partial charge is 0.410 e. The van der Waals surface area contributed by atoms with Gasteiger partial charge in [0.2, 0.25) is 0 Å². The number of hydrogen-bond acceptors (Lipinski definition) is 8. The summed E-state index contributed by atoms with van der Waals surface area (Å²) in [5, 5.41) is 5.88. The number of carbonyl (C=O) groups is 3. The summed E-state index contributed by atoms with van der Waals surface area (Å²) < 4.78 is 17.0. The van der Waals surface area contributed by atoms with Crippen molar-refractivity contribution in [2.75, 3.05) is 54.9 Å². The largest absolute Gasteiger partial charge is 0.490 e. The van der Waals surface area contributed by atoms with Gasteiger partial charge in [-0.15, -0.1) is 0 Å². The molecule has 238 valence electrons. The third-order valence-corrected chi connectivity index (χ3v) is 7.60. The van der Waals surface area contributed by atoms with Crippen molar-refractivity contribution in [3.05, 3.63) is 77.5 Å². The molecule has 0 spiro atoms. The molecule has 11 nitrogen and oxygen atoms in total. The highest BCUT2D eigenvalue weighted by Crippen LogP contribution is 2.24. The highest BCUT2D eigenvalue weighted by Gasteiger charge is 2.27. The van der Waals surface area contributed by atoms with E-state index in [4.69, 9.17) is 14.2 Å². The molecule has 2 N–H and O–H groups in total. The topological polar surface area (TPSA) is 122 Å². The number of piperidine rings is 1. The van der Waals surface area contributed by atoms with Crippen molar-refractivity contribution in [1.29, 1.82) is 0 Å². The van der Waals surface area contributed by atoms with Crippen LogP contribution in [0.5, 0.6) is 5.75 Å². The summed E-state index contributed by atoms with van der Waals surface area (Å²) in [5.74, 6) is 0.862. The SMILES string of the molecule is Cc1ccc(NC(=O)c2ccnc(N3CCOCC3)c2)cc1NC(=O)c1ccc(OC2CCN(C(=O)OC(C)(C)C)CC2)cc1. The van der Waals surface area contributed by atoms with Crippen LogP contribution in [0.25, 0.3) is 0 Å². The predicted molar refractivity (Wildman–Crippen MR) is 172 cm³/mol. The summed E-state index contributed by atoms with van der Waals surface area (Å²) in [6.07, 6.45) is 2.70. The Balaban J connectivity index is 1.14. The fourth-order valence-corrected chi connectivity index (χ4v) is 5.12. The molecule has 0 saturated carbocycles. The normalized spacial score (nSPS) is 15.7. The molecule has 3 heterocycles. The molecule has 2 aliphatic rings. The van der Waals surface area contributed by atoms with E-state index in [0.29, 0.717) is 67.4 Å². The van der Waals surface area contributed by atoms with Gasteiger partial charge in [-0.2, -0.15) is 0 Å². The van der Waals surface area contributed by atoms with Crippen molar-refractivity contribution < 1.29 is 28.6 Å². The van der Waals surface area contributed by atoms with Gasteiger partial charge in [-0.05, 0) is 81.8 Å². The molecule has 45 heavy (non-hydrogen) atoms. The number of likely N-dealkylation sites (tertiary alicyclic amines) is 1. The third-order valence-electron chi connectivity index (χ3n) is 7.60. The fourth-order valence-electron chi connectivity index (χ4n) is 5.12. The molecule has 2 aliphatic heterocycles. The van der Waals surface area contributed by atoms with E-state index in [-0.39, 0.29) is 24.0 Å². The number of benzene rings is 2. The van der Waals surface area contributed by atoms with E-state index in [1.54, 1.807) is 59.6 Å². The van der Waals surface area contributed by atoms with Crippen molar-refractivity contribution in [2.24, 2.45) is 0 Å². The van der Waals surface area contributed by atoms with Crippen molar-refractivity contribution in [3.63, 3.8) is 0 Å². The van der Waals surface area contributed by atoms with Gasteiger partial charge in [0.25, 0.3) is 11.8 Å². The Hall–Kier alpha value is -4.64. The lowest BCUT2D eigenvalue weighted by molar-refractivity contribution is 0.0126. The van der Waals surface area contributed by atoms with Gasteiger partial charge >= 0.3 is 6.09 Å². The molecule has 0 unspecified atom stereocenters. The quantitative estimate of drug-likeness (QED) is 0.357. The van der Waals surface area contributed by atoms with Gasteiger partial charge in [0.15, 0.2) is 0 Å². The lowest BCUT2D eigenvalue weighted by Gasteiger charge is -2.33. The maximum Gasteiger partial charge on any atom is 0.410 e. The summed E-state index contributed by atoms with van der Waals surface area (Å²) in [6.45, 7) is 11.3. The van der Waals surface area contributed by atoms with Crippen LogP contribution in [-0.2, 0) is 9.47 Å². The minimum Gasteiger partial charge on any atom is -0.490 e. The van der Waals surface area contributed by atoms with Crippen molar-refractivity contribution in [1.82, 2.24) is 9.88 Å². The average molecular weight is 616 g/mol. The van der Waals surface area contributed by atoms with Crippen LogP contribution in [0.4, 0.5) is 22.0 Å². The first kappa shape index (κ1) is 31.8. The molecule has 0 bridgehead atoms. The van der Waals surface area contributed by atoms with Crippen LogP contribution in [0.2, 0.25) is 0 Å². The van der Waals surface area contributed by atoms with Crippen LogP contribution in [0.3, 0.4) is 0 Å². The first-order valence-corrected chi connectivity index (χ1v) is 15.3. The van der Waals surface area contributed by atoms with Gasteiger partial charge in [-0.1, -0.05) is 6.07 Å². The van der Waals surface area contributed by atoms with Crippen LogP contribution >= 0.6 is 0 Å². The summed E-state index contributed by atoms with van der Waals surface area (Å²) in [6, 6.07) is 15.8. The van der Waals surface area contributed by atoms with Crippen LogP contribution in [0.15, 0.2) is 60.8 Å². The Labute approximate surface area is 263 Å². The minimum atomic E-state index is -0.523. The molecule has 2 aromatic carbocycles. The third kappa shape index (κ3) is 8.72. The number of ether oxygens (including phenoxy) is 3. The zero-order valence-electron chi connectivity index (χ0n) is 26.3. The van der Waals surface area contributed by atoms with E-state index in [2.05, 4.69) is 20.5 Å². The number of aryl methyl sites for hydroxylation is 1. The zero-order chi connectivity index (χ0) is 32.0. The van der Waals surface area contributed by atoms with Crippen LogP contribution < -0.4 is 20.3 Å². The van der Waals surface area contributed by atoms with Gasteiger partial charge in [0, 0.05) is 67.7 Å². The van der Waals surface area contributed by atoms with Crippen LogP contribution in [0, 0.1) is 6.92 Å². The zero-order valence-corrected chi connectivity index (χ0v) is 26.3. The number of nitrogens with zero attached hydrogens (tertiary/aromatic N) is 3. The molecule has 2 saturated heterocycles. The highest BCUT2D eigenvalue weighted by molar-refractivity contribution is 6.07.